The minimum Gasteiger partial charge on any atom is -0.495 e. The van der Waals surface area contributed by atoms with Crippen LogP contribution in [0.4, 0.5) is 11.5 Å². The zero-order chi connectivity index (χ0) is 21.1. The van der Waals surface area contributed by atoms with Crippen LogP contribution in [0, 0.1) is 0 Å². The number of aromatic nitrogens is 2. The molecule has 6 nitrogen and oxygen atoms in total. The second-order valence-electron chi connectivity index (χ2n) is 6.45. The van der Waals surface area contributed by atoms with Gasteiger partial charge in [0.2, 0.25) is 0 Å². The molecular weight excluding hydrogens is 402 g/mol. The second-order valence-corrected chi connectivity index (χ2v) is 6.89. The van der Waals surface area contributed by atoms with E-state index in [1.54, 1.807) is 33.5 Å². The highest BCUT2D eigenvalue weighted by atomic mass is 35.5. The number of rotatable bonds is 6. The lowest BCUT2D eigenvalue weighted by atomic mass is 10.1. The molecule has 0 fully saturated rings. The lowest BCUT2D eigenvalue weighted by Crippen LogP contribution is -2.01. The number of para-hydroxylation sites is 1. The van der Waals surface area contributed by atoms with Crippen LogP contribution in [0.25, 0.3) is 22.3 Å². The van der Waals surface area contributed by atoms with Gasteiger partial charge in [-0.2, -0.15) is 0 Å². The van der Waals surface area contributed by atoms with E-state index in [0.29, 0.717) is 39.6 Å². The Balaban J connectivity index is 1.86. The van der Waals surface area contributed by atoms with Crippen molar-refractivity contribution in [3.05, 3.63) is 65.7 Å². The lowest BCUT2D eigenvalue weighted by molar-refractivity contribution is 0.355. The maximum Gasteiger partial charge on any atom is 0.162 e. The van der Waals surface area contributed by atoms with E-state index in [-0.39, 0.29) is 0 Å². The molecule has 0 saturated heterocycles. The predicted molar refractivity (Wildman–Crippen MR) is 119 cm³/mol. The second kappa shape index (κ2) is 8.47. The molecule has 4 aromatic rings. The zero-order valence-corrected chi connectivity index (χ0v) is 17.5. The number of fused-ring (bicyclic) bond motifs is 1. The minimum atomic E-state index is 0.554. The first-order valence-corrected chi connectivity index (χ1v) is 9.60. The van der Waals surface area contributed by atoms with Crippen molar-refractivity contribution in [3.63, 3.8) is 0 Å². The Morgan fingerprint density at radius 2 is 1.50 bits per heavy atom. The monoisotopic (exact) mass is 421 g/mol. The van der Waals surface area contributed by atoms with Crippen molar-refractivity contribution in [2.24, 2.45) is 0 Å². The summed E-state index contributed by atoms with van der Waals surface area (Å²) in [6.07, 6.45) is 0. The van der Waals surface area contributed by atoms with Gasteiger partial charge in [0.15, 0.2) is 17.3 Å². The van der Waals surface area contributed by atoms with Crippen molar-refractivity contribution in [1.29, 1.82) is 0 Å². The van der Waals surface area contributed by atoms with Gasteiger partial charge in [0.25, 0.3) is 0 Å². The number of hydrogen-bond acceptors (Lipinski definition) is 6. The third-order valence-corrected chi connectivity index (χ3v) is 4.89. The molecule has 3 aromatic carbocycles. The molecule has 4 rings (SSSR count). The Bertz CT molecular complexity index is 1210. The third kappa shape index (κ3) is 3.82. The number of nitrogens with zero attached hydrogens (tertiary/aromatic N) is 2. The van der Waals surface area contributed by atoms with Crippen molar-refractivity contribution in [2.45, 2.75) is 0 Å². The molecule has 0 aliphatic rings. The quantitative estimate of drug-likeness (QED) is 0.429. The number of benzene rings is 3. The Morgan fingerprint density at radius 3 is 2.27 bits per heavy atom. The van der Waals surface area contributed by atoms with Gasteiger partial charge in [-0.25, -0.2) is 9.97 Å². The summed E-state index contributed by atoms with van der Waals surface area (Å²) < 4.78 is 16.2. The topological polar surface area (TPSA) is 65.5 Å². The van der Waals surface area contributed by atoms with Gasteiger partial charge in [-0.3, -0.25) is 0 Å². The molecule has 0 aliphatic heterocycles. The molecule has 0 aliphatic carbocycles. The standard InChI is InChI=1S/C23H20ClN3O3/c1-28-19-11-9-15(24)13-18(19)26-23-16-6-4-5-7-17(16)25-22(27-23)14-8-10-20(29-2)21(12-14)30-3/h4-13H,1-3H3,(H,25,26,27). The largest absolute Gasteiger partial charge is 0.495 e. The number of hydrogen-bond donors (Lipinski definition) is 1. The summed E-state index contributed by atoms with van der Waals surface area (Å²) >= 11 is 6.19. The van der Waals surface area contributed by atoms with Gasteiger partial charge in [-0.05, 0) is 48.5 Å². The van der Waals surface area contributed by atoms with Gasteiger partial charge in [0.1, 0.15) is 11.6 Å². The molecule has 7 heteroatoms. The van der Waals surface area contributed by atoms with E-state index in [9.17, 15) is 0 Å². The lowest BCUT2D eigenvalue weighted by Gasteiger charge is -2.14. The molecule has 1 heterocycles. The molecule has 152 valence electrons. The summed E-state index contributed by atoms with van der Waals surface area (Å²) in [6, 6.07) is 18.8. The van der Waals surface area contributed by atoms with Gasteiger partial charge >= 0.3 is 0 Å². The van der Waals surface area contributed by atoms with Crippen LogP contribution in [0.15, 0.2) is 60.7 Å². The Kier molecular flexibility index (Phi) is 5.59. The van der Waals surface area contributed by atoms with Crippen LogP contribution in [0.5, 0.6) is 17.2 Å². The van der Waals surface area contributed by atoms with Gasteiger partial charge in [-0.15, -0.1) is 0 Å². The van der Waals surface area contributed by atoms with E-state index >= 15 is 0 Å². The van der Waals surface area contributed by atoms with Crippen LogP contribution in [0.3, 0.4) is 0 Å². The highest BCUT2D eigenvalue weighted by Gasteiger charge is 2.14. The normalized spacial score (nSPS) is 10.7. The highest BCUT2D eigenvalue weighted by molar-refractivity contribution is 6.31. The number of methoxy groups -OCH3 is 3. The summed E-state index contributed by atoms with van der Waals surface area (Å²) in [7, 11) is 4.81. The fourth-order valence-electron chi connectivity index (χ4n) is 3.18. The smallest absolute Gasteiger partial charge is 0.162 e. The average molecular weight is 422 g/mol. The molecule has 0 saturated carbocycles. The predicted octanol–water partition coefficient (Wildman–Crippen LogP) is 5.72. The van der Waals surface area contributed by atoms with Crippen LogP contribution in [-0.4, -0.2) is 31.3 Å². The first-order chi connectivity index (χ1) is 14.6. The van der Waals surface area contributed by atoms with E-state index in [4.69, 9.17) is 35.8 Å². The van der Waals surface area contributed by atoms with Crippen molar-refractivity contribution < 1.29 is 14.2 Å². The summed E-state index contributed by atoms with van der Waals surface area (Å²) in [5.41, 5.74) is 2.33. The summed E-state index contributed by atoms with van der Waals surface area (Å²) in [6.45, 7) is 0. The van der Waals surface area contributed by atoms with Crippen molar-refractivity contribution in [3.8, 4) is 28.6 Å². The zero-order valence-electron chi connectivity index (χ0n) is 16.8. The van der Waals surface area contributed by atoms with E-state index < -0.39 is 0 Å². The SMILES string of the molecule is COc1ccc(Cl)cc1Nc1nc(-c2ccc(OC)c(OC)c2)nc2ccccc12. The number of anilines is 2. The third-order valence-electron chi connectivity index (χ3n) is 4.66. The van der Waals surface area contributed by atoms with Crippen molar-refractivity contribution in [1.82, 2.24) is 9.97 Å². The van der Waals surface area contributed by atoms with E-state index in [2.05, 4.69) is 5.32 Å². The maximum atomic E-state index is 6.19. The molecule has 30 heavy (non-hydrogen) atoms. The first kappa shape index (κ1) is 19.8. The Hall–Kier alpha value is -3.51. The molecule has 1 N–H and O–H groups in total. The highest BCUT2D eigenvalue weighted by Crippen LogP contribution is 2.35. The molecule has 0 amide bonds. The minimum absolute atomic E-state index is 0.554. The van der Waals surface area contributed by atoms with Crippen LogP contribution in [-0.2, 0) is 0 Å². The Labute approximate surface area is 179 Å². The molecule has 1 aromatic heterocycles. The summed E-state index contributed by atoms with van der Waals surface area (Å²) in [5, 5.41) is 4.82. The molecule has 0 radical (unpaired) electrons. The van der Waals surface area contributed by atoms with Gasteiger partial charge in [0, 0.05) is 16.0 Å². The number of ether oxygens (including phenoxy) is 3. The fourth-order valence-corrected chi connectivity index (χ4v) is 3.35. The Morgan fingerprint density at radius 1 is 0.767 bits per heavy atom. The number of halogens is 1. The van der Waals surface area contributed by atoms with Gasteiger partial charge < -0.3 is 19.5 Å². The van der Waals surface area contributed by atoms with E-state index in [1.807, 2.05) is 48.5 Å². The fraction of sp³-hybridized carbons (Fsp3) is 0.130. The van der Waals surface area contributed by atoms with Crippen LogP contribution in [0.1, 0.15) is 0 Å². The average Bonchev–Trinajstić information content (AvgIpc) is 2.78. The van der Waals surface area contributed by atoms with Crippen LogP contribution in [0.2, 0.25) is 5.02 Å². The van der Waals surface area contributed by atoms with Crippen LogP contribution < -0.4 is 19.5 Å². The summed E-state index contributed by atoms with van der Waals surface area (Å²) in [4.78, 5) is 9.52. The van der Waals surface area contributed by atoms with E-state index in [1.165, 1.54) is 0 Å². The van der Waals surface area contributed by atoms with Crippen molar-refractivity contribution in [2.75, 3.05) is 26.6 Å². The van der Waals surface area contributed by atoms with E-state index in [0.717, 1.165) is 16.5 Å². The van der Waals surface area contributed by atoms with Crippen molar-refractivity contribution >= 4 is 34.0 Å². The molecule has 0 atom stereocenters. The molecule has 0 bridgehead atoms. The molecule has 0 unspecified atom stereocenters. The molecule has 0 spiro atoms. The summed E-state index contributed by atoms with van der Waals surface area (Å²) in [5.74, 6) is 3.11. The molecular formula is C23H20ClN3O3. The van der Waals surface area contributed by atoms with Crippen LogP contribution >= 0.6 is 11.6 Å². The van der Waals surface area contributed by atoms with Gasteiger partial charge in [0.05, 0.1) is 32.5 Å². The van der Waals surface area contributed by atoms with Gasteiger partial charge in [-0.1, -0.05) is 23.7 Å². The first-order valence-electron chi connectivity index (χ1n) is 9.22. The number of nitrogens with one attached hydrogen (secondary N) is 1. The maximum absolute atomic E-state index is 6.19.